The van der Waals surface area contributed by atoms with Crippen LogP contribution in [0.1, 0.15) is 30.1 Å². The molecule has 0 saturated carbocycles. The normalized spacial score (nSPS) is 18.3. The number of ether oxygens (including phenoxy) is 2. The smallest absolute Gasteiger partial charge is 0.257 e. The Kier molecular flexibility index (Phi) is 4.11. The molecule has 2 aliphatic rings. The highest BCUT2D eigenvalue weighted by atomic mass is 35.5. The van der Waals surface area contributed by atoms with E-state index < -0.39 is 0 Å². The molecule has 2 amide bonds. The van der Waals surface area contributed by atoms with E-state index in [0.717, 1.165) is 12.8 Å². The molecule has 3 rings (SSSR count). The van der Waals surface area contributed by atoms with E-state index >= 15 is 0 Å². The van der Waals surface area contributed by atoms with Gasteiger partial charge in [-0.2, -0.15) is 0 Å². The Bertz CT molecular complexity index is 612. The van der Waals surface area contributed by atoms with Crippen molar-refractivity contribution in [1.82, 2.24) is 10.2 Å². The molecule has 0 unspecified atom stereocenters. The van der Waals surface area contributed by atoms with Crippen molar-refractivity contribution in [3.63, 3.8) is 0 Å². The van der Waals surface area contributed by atoms with Crippen molar-refractivity contribution in [3.8, 4) is 11.5 Å². The molecule has 1 saturated heterocycles. The van der Waals surface area contributed by atoms with Gasteiger partial charge in [-0.05, 0) is 6.07 Å². The second-order valence-electron chi connectivity index (χ2n) is 5.40. The minimum absolute atomic E-state index is 0.0215. The van der Waals surface area contributed by atoms with E-state index in [1.54, 1.807) is 24.0 Å². The number of hydrogen-bond acceptors (Lipinski definition) is 4. The third-order valence-corrected chi connectivity index (χ3v) is 4.11. The van der Waals surface area contributed by atoms with Crippen LogP contribution in [-0.4, -0.2) is 42.6 Å². The highest BCUT2D eigenvalue weighted by Gasteiger charge is 2.27. The van der Waals surface area contributed by atoms with Crippen molar-refractivity contribution >= 4 is 23.4 Å². The second kappa shape index (κ2) is 6.04. The van der Waals surface area contributed by atoms with Gasteiger partial charge in [0.05, 0.1) is 5.56 Å². The Morgan fingerprint density at radius 1 is 1.41 bits per heavy atom. The van der Waals surface area contributed by atoms with Crippen LogP contribution in [0.3, 0.4) is 0 Å². The summed E-state index contributed by atoms with van der Waals surface area (Å²) in [5.74, 6) is 0.777. The van der Waals surface area contributed by atoms with Crippen molar-refractivity contribution in [1.29, 1.82) is 0 Å². The predicted octanol–water partition coefficient (Wildman–Crippen LogP) is 1.81. The highest BCUT2D eigenvalue weighted by molar-refractivity contribution is 6.31. The number of likely N-dealkylation sites (tertiary alicyclic amines) is 1. The summed E-state index contributed by atoms with van der Waals surface area (Å²) in [6, 6.07) is 3.23. The Labute approximate surface area is 133 Å². The van der Waals surface area contributed by atoms with E-state index in [1.807, 2.05) is 0 Å². The Morgan fingerprint density at radius 2 is 2.14 bits per heavy atom. The number of amides is 2. The largest absolute Gasteiger partial charge is 0.486 e. The third kappa shape index (κ3) is 2.97. The molecule has 6 nitrogen and oxygen atoms in total. The first-order valence-electron chi connectivity index (χ1n) is 7.21. The summed E-state index contributed by atoms with van der Waals surface area (Å²) in [5.41, 5.74) is 0.384. The lowest BCUT2D eigenvalue weighted by atomic mass is 10.1. The van der Waals surface area contributed by atoms with Gasteiger partial charge in [0.2, 0.25) is 5.91 Å². The SMILES string of the molecule is CC(=O)N1CCC(Oc2cc(Cl)cc3c2OCNC3=O)CC1. The lowest BCUT2D eigenvalue weighted by Gasteiger charge is -2.32. The van der Waals surface area contributed by atoms with Gasteiger partial charge >= 0.3 is 0 Å². The Morgan fingerprint density at radius 3 is 2.82 bits per heavy atom. The molecule has 118 valence electrons. The number of nitrogens with one attached hydrogen (secondary N) is 1. The van der Waals surface area contributed by atoms with E-state index in [4.69, 9.17) is 21.1 Å². The molecule has 1 N–H and O–H groups in total. The second-order valence-corrected chi connectivity index (χ2v) is 5.83. The van der Waals surface area contributed by atoms with Crippen molar-refractivity contribution in [2.75, 3.05) is 19.8 Å². The molecule has 1 aromatic carbocycles. The molecule has 0 aliphatic carbocycles. The van der Waals surface area contributed by atoms with Crippen LogP contribution >= 0.6 is 11.6 Å². The van der Waals surface area contributed by atoms with Crippen LogP contribution in [0.15, 0.2) is 12.1 Å². The maximum Gasteiger partial charge on any atom is 0.257 e. The fourth-order valence-electron chi connectivity index (χ4n) is 2.71. The molecule has 0 aromatic heterocycles. The first kappa shape index (κ1) is 15.0. The standard InChI is InChI=1S/C15H17ClN2O4/c1-9(19)18-4-2-11(3-5-18)22-13-7-10(16)6-12-14(13)21-8-17-15(12)20/h6-7,11H,2-5,8H2,1H3,(H,17,20). The summed E-state index contributed by atoms with van der Waals surface area (Å²) >= 11 is 6.06. The minimum Gasteiger partial charge on any atom is -0.486 e. The number of rotatable bonds is 2. The number of hydrogen-bond donors (Lipinski definition) is 1. The molecule has 2 heterocycles. The van der Waals surface area contributed by atoms with E-state index in [9.17, 15) is 9.59 Å². The molecule has 22 heavy (non-hydrogen) atoms. The Hall–Kier alpha value is -1.95. The monoisotopic (exact) mass is 324 g/mol. The van der Waals surface area contributed by atoms with E-state index in [-0.39, 0.29) is 24.6 Å². The van der Waals surface area contributed by atoms with Crippen LogP contribution in [0.25, 0.3) is 0 Å². The maximum absolute atomic E-state index is 11.9. The average Bonchev–Trinajstić information content (AvgIpc) is 2.49. The fraction of sp³-hybridized carbons (Fsp3) is 0.467. The van der Waals surface area contributed by atoms with E-state index in [2.05, 4.69) is 5.32 Å². The van der Waals surface area contributed by atoms with Crippen molar-refractivity contribution in [2.45, 2.75) is 25.9 Å². The van der Waals surface area contributed by atoms with Crippen LogP contribution in [0.5, 0.6) is 11.5 Å². The minimum atomic E-state index is -0.222. The first-order chi connectivity index (χ1) is 10.5. The van der Waals surface area contributed by atoms with Gasteiger partial charge in [0.25, 0.3) is 5.91 Å². The number of nitrogens with zero attached hydrogens (tertiary/aromatic N) is 1. The summed E-state index contributed by atoms with van der Waals surface area (Å²) in [5, 5.41) is 3.02. The topological polar surface area (TPSA) is 67.9 Å². The zero-order chi connectivity index (χ0) is 15.7. The van der Waals surface area contributed by atoms with Crippen molar-refractivity contribution < 1.29 is 19.1 Å². The van der Waals surface area contributed by atoms with Gasteiger partial charge in [0.15, 0.2) is 18.2 Å². The summed E-state index contributed by atoms with van der Waals surface area (Å²) < 4.78 is 11.5. The first-order valence-corrected chi connectivity index (χ1v) is 7.59. The van der Waals surface area contributed by atoms with Gasteiger partial charge in [0, 0.05) is 43.9 Å². The number of carbonyl (C=O) groups is 2. The third-order valence-electron chi connectivity index (χ3n) is 3.89. The number of benzene rings is 1. The molecule has 0 bridgehead atoms. The number of carbonyl (C=O) groups excluding carboxylic acids is 2. The molecule has 1 fully saturated rings. The summed E-state index contributed by atoms with van der Waals surface area (Å²) in [6.45, 7) is 3.03. The molecular formula is C15H17ClN2O4. The highest BCUT2D eigenvalue weighted by Crippen LogP contribution is 2.37. The van der Waals surface area contributed by atoms with Crippen molar-refractivity contribution in [3.05, 3.63) is 22.7 Å². The van der Waals surface area contributed by atoms with Gasteiger partial charge in [-0.15, -0.1) is 0 Å². The van der Waals surface area contributed by atoms with E-state index in [0.29, 0.717) is 35.2 Å². The quantitative estimate of drug-likeness (QED) is 0.901. The van der Waals surface area contributed by atoms with Crippen LogP contribution < -0.4 is 14.8 Å². The molecule has 0 spiro atoms. The fourth-order valence-corrected chi connectivity index (χ4v) is 2.92. The molecule has 0 atom stereocenters. The number of piperidine rings is 1. The zero-order valence-electron chi connectivity index (χ0n) is 12.2. The Balaban J connectivity index is 1.76. The van der Waals surface area contributed by atoms with Crippen LogP contribution in [0, 0.1) is 0 Å². The van der Waals surface area contributed by atoms with Crippen molar-refractivity contribution in [2.24, 2.45) is 0 Å². The summed E-state index contributed by atoms with van der Waals surface area (Å²) in [6.07, 6.45) is 1.46. The number of halogens is 1. The molecule has 7 heteroatoms. The average molecular weight is 325 g/mol. The van der Waals surface area contributed by atoms with Gasteiger partial charge < -0.3 is 19.7 Å². The predicted molar refractivity (Wildman–Crippen MR) is 80.3 cm³/mol. The molecular weight excluding hydrogens is 308 g/mol. The van der Waals surface area contributed by atoms with Crippen LogP contribution in [0.2, 0.25) is 5.02 Å². The summed E-state index contributed by atoms with van der Waals surface area (Å²) in [7, 11) is 0. The lowest BCUT2D eigenvalue weighted by molar-refractivity contribution is -0.130. The zero-order valence-corrected chi connectivity index (χ0v) is 13.0. The molecule has 0 radical (unpaired) electrons. The maximum atomic E-state index is 11.9. The van der Waals surface area contributed by atoms with Gasteiger partial charge in [0.1, 0.15) is 6.10 Å². The summed E-state index contributed by atoms with van der Waals surface area (Å²) in [4.78, 5) is 25.0. The van der Waals surface area contributed by atoms with Gasteiger partial charge in [-0.1, -0.05) is 11.6 Å². The number of fused-ring (bicyclic) bond motifs is 1. The van der Waals surface area contributed by atoms with Crippen LogP contribution in [0.4, 0.5) is 0 Å². The van der Waals surface area contributed by atoms with Crippen LogP contribution in [-0.2, 0) is 4.79 Å². The van der Waals surface area contributed by atoms with E-state index in [1.165, 1.54) is 0 Å². The van der Waals surface area contributed by atoms with Gasteiger partial charge in [-0.3, -0.25) is 9.59 Å². The molecule has 1 aromatic rings. The molecule has 2 aliphatic heterocycles. The lowest BCUT2D eigenvalue weighted by Crippen LogP contribution is -2.40. The van der Waals surface area contributed by atoms with Gasteiger partial charge in [-0.25, -0.2) is 0 Å².